The molecule has 0 bridgehead atoms. The second kappa shape index (κ2) is 11.5. The SMILES string of the molecule is COc1ccc(-c2oc3c(CC=C(C)C)c(O[C@@H]4OCC(CO)[C@@H](O)C(O)C4(C)O)cc(O)c3c(=O)c2O)cc1. The Morgan fingerprint density at radius 2 is 1.85 bits per heavy atom. The monoisotopic (exact) mass is 558 g/mol. The van der Waals surface area contributed by atoms with Gasteiger partial charge < -0.3 is 49.3 Å². The molecule has 1 aliphatic heterocycles. The molecule has 5 atom stereocenters. The number of phenols is 1. The third-order valence-corrected chi connectivity index (χ3v) is 7.06. The first kappa shape index (κ1) is 29.4. The molecular weight excluding hydrogens is 524 g/mol. The summed E-state index contributed by atoms with van der Waals surface area (Å²) >= 11 is 0. The lowest BCUT2D eigenvalue weighted by Crippen LogP contribution is -2.56. The van der Waals surface area contributed by atoms with Crippen LogP contribution >= 0.6 is 0 Å². The number of benzene rings is 2. The van der Waals surface area contributed by atoms with Gasteiger partial charge in [-0.2, -0.15) is 0 Å². The van der Waals surface area contributed by atoms with Crippen molar-refractivity contribution in [3.05, 3.63) is 57.8 Å². The number of aromatic hydroxyl groups is 2. The molecule has 1 fully saturated rings. The predicted octanol–water partition coefficient (Wildman–Crippen LogP) is 2.20. The maximum Gasteiger partial charge on any atom is 0.238 e. The van der Waals surface area contributed by atoms with E-state index in [9.17, 15) is 35.4 Å². The maximum atomic E-state index is 13.3. The average Bonchev–Trinajstić information content (AvgIpc) is 3.00. The van der Waals surface area contributed by atoms with E-state index < -0.39 is 53.6 Å². The number of hydrogen-bond acceptors (Lipinski definition) is 11. The van der Waals surface area contributed by atoms with Crippen LogP contribution in [0.4, 0.5) is 0 Å². The first-order valence-electron chi connectivity index (χ1n) is 12.7. The van der Waals surface area contributed by atoms with Crippen molar-refractivity contribution in [1.29, 1.82) is 0 Å². The first-order chi connectivity index (χ1) is 18.9. The molecular formula is C29H34O11. The van der Waals surface area contributed by atoms with Crippen LogP contribution in [-0.2, 0) is 11.2 Å². The zero-order valence-corrected chi connectivity index (χ0v) is 22.6. The lowest BCUT2D eigenvalue weighted by Gasteiger charge is -2.35. The van der Waals surface area contributed by atoms with Crippen LogP contribution in [0.15, 0.2) is 51.2 Å². The molecule has 0 amide bonds. The molecule has 216 valence electrons. The minimum absolute atomic E-state index is 0.0357. The highest BCUT2D eigenvalue weighted by Gasteiger charge is 2.50. The molecule has 4 rings (SSSR count). The van der Waals surface area contributed by atoms with Gasteiger partial charge in [0, 0.05) is 23.1 Å². The standard InChI is InChI=1S/C29H34O11/c1-14(2)5-10-18-20(39-28-29(3,36)27(35)22(32)16(12-30)13-38-28)11-19(31)21-23(33)24(34)25(40-26(18)21)15-6-8-17(37-4)9-7-15/h5-9,11,16,22,27-28,30-32,34-36H,10,12-13H2,1-4H3/t16?,22-,27?,28+,29?/m1/s1. The first-order valence-corrected chi connectivity index (χ1v) is 12.7. The molecule has 1 aliphatic rings. The van der Waals surface area contributed by atoms with Gasteiger partial charge >= 0.3 is 0 Å². The van der Waals surface area contributed by atoms with Crippen molar-refractivity contribution in [1.82, 2.24) is 0 Å². The summed E-state index contributed by atoms with van der Waals surface area (Å²) in [6.45, 7) is 4.18. The van der Waals surface area contributed by atoms with Crippen LogP contribution in [0.1, 0.15) is 26.3 Å². The van der Waals surface area contributed by atoms with Crippen LogP contribution in [0.2, 0.25) is 0 Å². The maximum absolute atomic E-state index is 13.3. The van der Waals surface area contributed by atoms with E-state index in [1.54, 1.807) is 24.3 Å². The molecule has 0 aliphatic carbocycles. The molecule has 11 nitrogen and oxygen atoms in total. The number of ether oxygens (including phenoxy) is 3. The third-order valence-electron chi connectivity index (χ3n) is 7.06. The van der Waals surface area contributed by atoms with Crippen molar-refractivity contribution < 1.29 is 49.3 Å². The number of methoxy groups -OCH3 is 1. The van der Waals surface area contributed by atoms with Gasteiger partial charge in [0.1, 0.15) is 34.3 Å². The van der Waals surface area contributed by atoms with Gasteiger partial charge in [-0.3, -0.25) is 4.79 Å². The van der Waals surface area contributed by atoms with Crippen LogP contribution in [0.25, 0.3) is 22.3 Å². The smallest absolute Gasteiger partial charge is 0.238 e. The molecule has 0 spiro atoms. The van der Waals surface area contributed by atoms with Gasteiger partial charge in [-0.25, -0.2) is 0 Å². The molecule has 1 saturated heterocycles. The zero-order chi connectivity index (χ0) is 29.4. The Hall–Kier alpha value is -3.61. The molecule has 11 heteroatoms. The van der Waals surface area contributed by atoms with Gasteiger partial charge in [0.05, 0.1) is 26.4 Å². The molecule has 40 heavy (non-hydrogen) atoms. The molecule has 6 N–H and O–H groups in total. The highest BCUT2D eigenvalue weighted by atomic mass is 16.7. The summed E-state index contributed by atoms with van der Waals surface area (Å²) in [4.78, 5) is 13.3. The molecule has 2 aromatic carbocycles. The molecule has 0 saturated carbocycles. The van der Waals surface area contributed by atoms with E-state index in [1.165, 1.54) is 14.0 Å². The Balaban J connectivity index is 1.92. The summed E-state index contributed by atoms with van der Waals surface area (Å²) in [7, 11) is 1.50. The van der Waals surface area contributed by atoms with Gasteiger partial charge in [0.15, 0.2) is 11.4 Å². The van der Waals surface area contributed by atoms with E-state index in [-0.39, 0.29) is 35.5 Å². The molecule has 0 radical (unpaired) electrons. The van der Waals surface area contributed by atoms with Crippen molar-refractivity contribution >= 4 is 11.0 Å². The lowest BCUT2D eigenvalue weighted by molar-refractivity contribution is -0.221. The lowest BCUT2D eigenvalue weighted by atomic mass is 9.89. The normalized spacial score (nSPS) is 24.9. The Bertz CT molecular complexity index is 1450. The van der Waals surface area contributed by atoms with E-state index in [2.05, 4.69) is 0 Å². The highest BCUT2D eigenvalue weighted by molar-refractivity contribution is 5.91. The summed E-state index contributed by atoms with van der Waals surface area (Å²) in [5.41, 5.74) is -1.49. The number of aliphatic hydroxyl groups excluding tert-OH is 3. The minimum atomic E-state index is -2.15. The Labute approximate surface area is 230 Å². The van der Waals surface area contributed by atoms with Crippen LogP contribution in [0, 0.1) is 5.92 Å². The minimum Gasteiger partial charge on any atom is -0.507 e. The fourth-order valence-corrected chi connectivity index (χ4v) is 4.56. The Kier molecular flexibility index (Phi) is 8.43. The number of fused-ring (bicyclic) bond motifs is 1. The van der Waals surface area contributed by atoms with E-state index in [0.29, 0.717) is 16.9 Å². The second-order valence-corrected chi connectivity index (χ2v) is 10.3. The van der Waals surface area contributed by atoms with Gasteiger partial charge in [-0.1, -0.05) is 11.6 Å². The van der Waals surface area contributed by atoms with E-state index >= 15 is 0 Å². The van der Waals surface area contributed by atoms with Crippen LogP contribution < -0.4 is 14.9 Å². The summed E-state index contributed by atoms with van der Waals surface area (Å²) in [6.07, 6.45) is -2.82. The quantitative estimate of drug-likeness (QED) is 0.234. The fourth-order valence-electron chi connectivity index (χ4n) is 4.56. The van der Waals surface area contributed by atoms with Crippen molar-refractivity contribution in [2.24, 2.45) is 5.92 Å². The van der Waals surface area contributed by atoms with Crippen LogP contribution in [0.3, 0.4) is 0 Å². The zero-order valence-electron chi connectivity index (χ0n) is 22.6. The van der Waals surface area contributed by atoms with Crippen LogP contribution in [-0.4, -0.2) is 75.1 Å². The van der Waals surface area contributed by atoms with E-state index in [0.717, 1.165) is 11.6 Å². The number of allylic oxidation sites excluding steroid dienone is 2. The summed E-state index contributed by atoms with van der Waals surface area (Å²) < 4.78 is 22.9. The van der Waals surface area contributed by atoms with E-state index in [4.69, 9.17) is 18.6 Å². The fraction of sp³-hybridized carbons (Fsp3) is 0.414. The average molecular weight is 559 g/mol. The van der Waals surface area contributed by atoms with E-state index in [1.807, 2.05) is 19.9 Å². The molecule has 3 aromatic rings. The number of rotatable bonds is 7. The third kappa shape index (κ3) is 5.38. The molecule has 1 aromatic heterocycles. The van der Waals surface area contributed by atoms with Gasteiger partial charge in [-0.05, 0) is 51.5 Å². The molecule has 3 unspecified atom stereocenters. The summed E-state index contributed by atoms with van der Waals surface area (Å²) in [5.74, 6) is -1.77. The topological polar surface area (TPSA) is 179 Å². The Morgan fingerprint density at radius 3 is 2.45 bits per heavy atom. The van der Waals surface area contributed by atoms with Crippen molar-refractivity contribution in [2.75, 3.05) is 20.3 Å². The van der Waals surface area contributed by atoms with Crippen molar-refractivity contribution in [2.45, 2.75) is 51.3 Å². The largest absolute Gasteiger partial charge is 0.507 e. The highest BCUT2D eigenvalue weighted by Crippen LogP contribution is 2.41. The Morgan fingerprint density at radius 1 is 1.18 bits per heavy atom. The van der Waals surface area contributed by atoms with Gasteiger partial charge in [0.2, 0.25) is 17.5 Å². The second-order valence-electron chi connectivity index (χ2n) is 10.3. The summed E-state index contributed by atoms with van der Waals surface area (Å²) in [5, 5.41) is 63.1. The van der Waals surface area contributed by atoms with Crippen LogP contribution in [0.5, 0.6) is 23.0 Å². The number of hydrogen-bond donors (Lipinski definition) is 6. The molecule has 2 heterocycles. The van der Waals surface area contributed by atoms with Gasteiger partial charge in [0.25, 0.3) is 0 Å². The number of aliphatic hydroxyl groups is 4. The van der Waals surface area contributed by atoms with Crippen molar-refractivity contribution in [3.8, 4) is 34.3 Å². The van der Waals surface area contributed by atoms with Crippen molar-refractivity contribution in [3.63, 3.8) is 0 Å². The summed E-state index contributed by atoms with van der Waals surface area (Å²) in [6, 6.07) is 7.59. The predicted molar refractivity (Wildman–Crippen MR) is 145 cm³/mol. The van der Waals surface area contributed by atoms with Gasteiger partial charge in [-0.15, -0.1) is 0 Å². The number of phenolic OH excluding ortho intramolecular Hbond substituents is 1.